The van der Waals surface area contributed by atoms with Crippen LogP contribution in [0.2, 0.25) is 0 Å². The van der Waals surface area contributed by atoms with Crippen molar-refractivity contribution in [2.45, 2.75) is 18.9 Å². The molecule has 1 aromatic rings. The Kier molecular flexibility index (Phi) is 3.97. The SMILES string of the molecule is C=CC(=O)N1CCC(Oc2cccc(F)c2)CC1. The van der Waals surface area contributed by atoms with Gasteiger partial charge in [0, 0.05) is 32.0 Å². The first-order valence-corrected chi connectivity index (χ1v) is 6.02. The normalized spacial score (nSPS) is 16.4. The summed E-state index contributed by atoms with van der Waals surface area (Å²) in [7, 11) is 0. The minimum absolute atomic E-state index is 0.0423. The maximum atomic E-state index is 13.0. The standard InChI is InChI=1S/C14H16FNO2/c1-2-14(17)16-8-6-12(7-9-16)18-13-5-3-4-11(15)10-13/h2-5,10,12H,1,6-9H2. The first-order chi connectivity index (χ1) is 8.69. The van der Waals surface area contributed by atoms with Gasteiger partial charge in [0.25, 0.3) is 0 Å². The fourth-order valence-electron chi connectivity index (χ4n) is 2.06. The van der Waals surface area contributed by atoms with Gasteiger partial charge in [-0.25, -0.2) is 4.39 Å². The van der Waals surface area contributed by atoms with E-state index < -0.39 is 0 Å². The zero-order valence-corrected chi connectivity index (χ0v) is 10.1. The Bertz CT molecular complexity index is 439. The lowest BCUT2D eigenvalue weighted by molar-refractivity contribution is -0.127. The van der Waals surface area contributed by atoms with Crippen LogP contribution >= 0.6 is 0 Å². The third-order valence-electron chi connectivity index (χ3n) is 3.03. The summed E-state index contributed by atoms with van der Waals surface area (Å²) in [5.41, 5.74) is 0. The number of hydrogen-bond acceptors (Lipinski definition) is 2. The van der Waals surface area contributed by atoms with Crippen LogP contribution in [-0.4, -0.2) is 30.0 Å². The molecule has 1 aromatic carbocycles. The van der Waals surface area contributed by atoms with E-state index in [2.05, 4.69) is 6.58 Å². The lowest BCUT2D eigenvalue weighted by Crippen LogP contribution is -2.41. The molecule has 0 bridgehead atoms. The van der Waals surface area contributed by atoms with Gasteiger partial charge in [0.2, 0.25) is 5.91 Å². The van der Waals surface area contributed by atoms with Gasteiger partial charge in [-0.3, -0.25) is 4.79 Å². The van der Waals surface area contributed by atoms with E-state index in [4.69, 9.17) is 4.74 Å². The van der Waals surface area contributed by atoms with Crippen LogP contribution in [0.3, 0.4) is 0 Å². The number of halogens is 1. The quantitative estimate of drug-likeness (QED) is 0.770. The molecule has 0 N–H and O–H groups in total. The number of amides is 1. The van der Waals surface area contributed by atoms with Crippen LogP contribution in [0.1, 0.15) is 12.8 Å². The van der Waals surface area contributed by atoms with Gasteiger partial charge in [-0.15, -0.1) is 0 Å². The minimum atomic E-state index is -0.299. The van der Waals surface area contributed by atoms with Gasteiger partial charge in [-0.1, -0.05) is 12.6 Å². The molecule has 1 fully saturated rings. The van der Waals surface area contributed by atoms with Crippen LogP contribution in [0.4, 0.5) is 4.39 Å². The number of carbonyl (C=O) groups excluding carboxylic acids is 1. The molecular formula is C14H16FNO2. The molecule has 4 heteroatoms. The molecule has 1 amide bonds. The molecule has 0 unspecified atom stereocenters. The van der Waals surface area contributed by atoms with Crippen LogP contribution < -0.4 is 4.74 Å². The maximum absolute atomic E-state index is 13.0. The number of likely N-dealkylation sites (tertiary alicyclic amines) is 1. The van der Waals surface area contributed by atoms with E-state index in [1.165, 1.54) is 18.2 Å². The van der Waals surface area contributed by atoms with Crippen molar-refractivity contribution in [2.24, 2.45) is 0 Å². The first kappa shape index (κ1) is 12.6. The Balaban J connectivity index is 1.87. The monoisotopic (exact) mass is 249 g/mol. The highest BCUT2D eigenvalue weighted by Gasteiger charge is 2.22. The smallest absolute Gasteiger partial charge is 0.245 e. The Hall–Kier alpha value is -1.84. The summed E-state index contributed by atoms with van der Waals surface area (Å²) in [5.74, 6) is 0.203. The van der Waals surface area contributed by atoms with Crippen molar-refractivity contribution in [1.29, 1.82) is 0 Å². The zero-order chi connectivity index (χ0) is 13.0. The number of benzene rings is 1. The van der Waals surface area contributed by atoms with Crippen molar-refractivity contribution in [2.75, 3.05) is 13.1 Å². The molecule has 0 atom stereocenters. The van der Waals surface area contributed by atoms with E-state index in [1.807, 2.05) is 0 Å². The molecular weight excluding hydrogens is 233 g/mol. The summed E-state index contributed by atoms with van der Waals surface area (Å²) in [6, 6.07) is 6.13. The second kappa shape index (κ2) is 5.67. The molecule has 96 valence electrons. The van der Waals surface area contributed by atoms with Gasteiger partial charge >= 0.3 is 0 Å². The minimum Gasteiger partial charge on any atom is -0.490 e. The van der Waals surface area contributed by atoms with Crippen LogP contribution in [-0.2, 0) is 4.79 Å². The molecule has 1 heterocycles. The van der Waals surface area contributed by atoms with Crippen molar-refractivity contribution < 1.29 is 13.9 Å². The van der Waals surface area contributed by atoms with Crippen LogP contribution in [0.5, 0.6) is 5.75 Å². The van der Waals surface area contributed by atoms with Gasteiger partial charge in [-0.05, 0) is 18.2 Å². The molecule has 18 heavy (non-hydrogen) atoms. The number of piperidine rings is 1. The third kappa shape index (κ3) is 3.09. The fraction of sp³-hybridized carbons (Fsp3) is 0.357. The van der Waals surface area contributed by atoms with Crippen LogP contribution in [0.25, 0.3) is 0 Å². The van der Waals surface area contributed by atoms with E-state index >= 15 is 0 Å². The summed E-state index contributed by atoms with van der Waals surface area (Å²) < 4.78 is 18.7. The Morgan fingerprint density at radius 3 is 2.78 bits per heavy atom. The number of rotatable bonds is 3. The van der Waals surface area contributed by atoms with E-state index in [0.29, 0.717) is 18.8 Å². The van der Waals surface area contributed by atoms with Gasteiger partial charge in [0.15, 0.2) is 0 Å². The van der Waals surface area contributed by atoms with Crippen molar-refractivity contribution >= 4 is 5.91 Å². The largest absolute Gasteiger partial charge is 0.490 e. The van der Waals surface area contributed by atoms with Gasteiger partial charge < -0.3 is 9.64 Å². The van der Waals surface area contributed by atoms with Crippen molar-refractivity contribution in [3.63, 3.8) is 0 Å². The van der Waals surface area contributed by atoms with Crippen LogP contribution in [0, 0.1) is 5.82 Å². The molecule has 0 saturated carbocycles. The lowest BCUT2D eigenvalue weighted by atomic mass is 10.1. The van der Waals surface area contributed by atoms with Crippen molar-refractivity contribution in [3.8, 4) is 5.75 Å². The predicted molar refractivity (Wildman–Crippen MR) is 66.8 cm³/mol. The fourth-order valence-corrected chi connectivity index (χ4v) is 2.06. The highest BCUT2D eigenvalue weighted by molar-refractivity contribution is 5.87. The zero-order valence-electron chi connectivity index (χ0n) is 10.1. The second-order valence-electron chi connectivity index (χ2n) is 4.30. The number of carbonyl (C=O) groups is 1. The summed E-state index contributed by atoms with van der Waals surface area (Å²) >= 11 is 0. The Labute approximate surface area is 106 Å². The predicted octanol–water partition coefficient (Wildman–Crippen LogP) is 2.38. The molecule has 1 saturated heterocycles. The molecule has 0 aliphatic carbocycles. The van der Waals surface area contributed by atoms with E-state index in [-0.39, 0.29) is 17.8 Å². The molecule has 0 radical (unpaired) electrons. The summed E-state index contributed by atoms with van der Waals surface area (Å²) in [6.45, 7) is 4.78. The molecule has 0 spiro atoms. The molecule has 0 aromatic heterocycles. The molecule has 1 aliphatic rings. The van der Waals surface area contributed by atoms with Gasteiger partial charge in [-0.2, -0.15) is 0 Å². The molecule has 2 rings (SSSR count). The van der Waals surface area contributed by atoms with E-state index in [9.17, 15) is 9.18 Å². The number of nitrogens with zero attached hydrogens (tertiary/aromatic N) is 1. The van der Waals surface area contributed by atoms with Gasteiger partial charge in [0.05, 0.1) is 0 Å². The maximum Gasteiger partial charge on any atom is 0.245 e. The van der Waals surface area contributed by atoms with Crippen molar-refractivity contribution in [3.05, 3.63) is 42.7 Å². The third-order valence-corrected chi connectivity index (χ3v) is 3.03. The summed E-state index contributed by atoms with van der Waals surface area (Å²) in [4.78, 5) is 13.1. The topological polar surface area (TPSA) is 29.5 Å². The first-order valence-electron chi connectivity index (χ1n) is 6.02. The number of ether oxygens (including phenoxy) is 1. The van der Waals surface area contributed by atoms with Gasteiger partial charge in [0.1, 0.15) is 17.7 Å². The highest BCUT2D eigenvalue weighted by Crippen LogP contribution is 2.19. The summed E-state index contributed by atoms with van der Waals surface area (Å²) in [6.07, 6.45) is 2.89. The second-order valence-corrected chi connectivity index (χ2v) is 4.30. The van der Waals surface area contributed by atoms with E-state index in [1.54, 1.807) is 17.0 Å². The highest BCUT2D eigenvalue weighted by atomic mass is 19.1. The number of hydrogen-bond donors (Lipinski definition) is 0. The average molecular weight is 249 g/mol. The average Bonchev–Trinajstić information content (AvgIpc) is 2.39. The Morgan fingerprint density at radius 2 is 2.17 bits per heavy atom. The Morgan fingerprint density at radius 1 is 1.44 bits per heavy atom. The van der Waals surface area contributed by atoms with Crippen LogP contribution in [0.15, 0.2) is 36.9 Å². The van der Waals surface area contributed by atoms with E-state index in [0.717, 1.165) is 12.8 Å². The molecule has 3 nitrogen and oxygen atoms in total. The van der Waals surface area contributed by atoms with Crippen molar-refractivity contribution in [1.82, 2.24) is 4.90 Å². The summed E-state index contributed by atoms with van der Waals surface area (Å²) in [5, 5.41) is 0. The molecule has 1 aliphatic heterocycles. The lowest BCUT2D eigenvalue weighted by Gasteiger charge is -2.31.